The number of amides is 1. The molecule has 3 nitrogen and oxygen atoms in total. The minimum absolute atomic E-state index is 0.0822. The van der Waals surface area contributed by atoms with E-state index in [0.717, 1.165) is 50.8 Å². The van der Waals surface area contributed by atoms with Gasteiger partial charge < -0.3 is 11.1 Å². The van der Waals surface area contributed by atoms with Crippen molar-refractivity contribution in [2.24, 2.45) is 5.73 Å². The number of rotatable bonds is 7. The first-order valence-corrected chi connectivity index (χ1v) is 5.68. The van der Waals surface area contributed by atoms with Crippen LogP contribution in [0.5, 0.6) is 0 Å². The van der Waals surface area contributed by atoms with Crippen molar-refractivity contribution in [1.29, 1.82) is 0 Å². The van der Waals surface area contributed by atoms with Crippen molar-refractivity contribution < 1.29 is 4.79 Å². The molecule has 0 heterocycles. The Balaban J connectivity index is 1.98. The van der Waals surface area contributed by atoms with Crippen LogP contribution in [0.4, 0.5) is 0 Å². The highest BCUT2D eigenvalue weighted by molar-refractivity contribution is 5.94. The largest absolute Gasteiger partial charge is 0.352 e. The Morgan fingerprint density at radius 3 is 2.80 bits per heavy atom. The van der Waals surface area contributed by atoms with Crippen LogP contribution in [0, 0.1) is 0 Å². The monoisotopic (exact) mass is 208 g/mol. The number of hydrogen-bond donors (Lipinski definition) is 2. The third kappa shape index (κ3) is 4.79. The van der Waals surface area contributed by atoms with Crippen molar-refractivity contribution in [2.75, 3.05) is 13.1 Å². The lowest BCUT2D eigenvalue weighted by Crippen LogP contribution is -2.25. The lowest BCUT2D eigenvalue weighted by Gasteiger charge is -2.05. The summed E-state index contributed by atoms with van der Waals surface area (Å²) in [6, 6.07) is 0. The molecule has 0 aromatic rings. The van der Waals surface area contributed by atoms with Gasteiger partial charge in [0.15, 0.2) is 0 Å². The molecule has 1 rings (SSSR count). The first kappa shape index (κ1) is 12.0. The normalized spacial score (nSPS) is 14.1. The van der Waals surface area contributed by atoms with Gasteiger partial charge in [-0.15, -0.1) is 0 Å². The van der Waals surface area contributed by atoms with Gasteiger partial charge in [0.25, 0.3) is 0 Å². The van der Waals surface area contributed by atoms with Gasteiger partial charge in [-0.1, -0.05) is 31.1 Å². The predicted molar refractivity (Wildman–Crippen MR) is 62.4 cm³/mol. The average molecular weight is 208 g/mol. The van der Waals surface area contributed by atoms with Crippen LogP contribution >= 0.6 is 0 Å². The molecule has 0 fully saturated rings. The minimum atomic E-state index is 0.0822. The Kier molecular flexibility index (Phi) is 5.78. The third-order valence-corrected chi connectivity index (χ3v) is 2.48. The summed E-state index contributed by atoms with van der Waals surface area (Å²) in [6.45, 7) is 1.55. The highest BCUT2D eigenvalue weighted by Gasteiger charge is 2.08. The number of nitrogens with one attached hydrogen (secondary N) is 1. The molecule has 0 aliphatic heterocycles. The van der Waals surface area contributed by atoms with E-state index in [1.54, 1.807) is 0 Å². The summed E-state index contributed by atoms with van der Waals surface area (Å²) >= 11 is 0. The molecule has 0 aromatic carbocycles. The van der Waals surface area contributed by atoms with E-state index in [2.05, 4.69) is 5.32 Å². The maximum Gasteiger partial charge on any atom is 0.247 e. The van der Waals surface area contributed by atoms with E-state index in [0.29, 0.717) is 0 Å². The molecule has 0 saturated carbocycles. The van der Waals surface area contributed by atoms with E-state index in [1.807, 2.05) is 18.2 Å². The van der Waals surface area contributed by atoms with Crippen molar-refractivity contribution in [3.05, 3.63) is 23.8 Å². The van der Waals surface area contributed by atoms with Crippen molar-refractivity contribution in [3.63, 3.8) is 0 Å². The Hall–Kier alpha value is -1.09. The molecule has 1 aliphatic carbocycles. The van der Waals surface area contributed by atoms with E-state index in [4.69, 9.17) is 5.73 Å². The van der Waals surface area contributed by atoms with Crippen molar-refractivity contribution in [2.45, 2.75) is 32.1 Å². The molecule has 3 heteroatoms. The molecule has 0 unspecified atom stereocenters. The predicted octanol–water partition coefficient (Wildman–Crippen LogP) is 1.51. The molecule has 0 atom stereocenters. The van der Waals surface area contributed by atoms with Crippen LogP contribution in [0.15, 0.2) is 23.8 Å². The molecule has 15 heavy (non-hydrogen) atoms. The number of unbranched alkanes of at least 4 members (excludes halogenated alkanes) is 3. The van der Waals surface area contributed by atoms with Crippen LogP contribution in [0.3, 0.4) is 0 Å². The summed E-state index contributed by atoms with van der Waals surface area (Å²) in [6.07, 6.45) is 11.0. The van der Waals surface area contributed by atoms with Gasteiger partial charge in [0, 0.05) is 12.1 Å². The second-order valence-electron chi connectivity index (χ2n) is 3.78. The van der Waals surface area contributed by atoms with Gasteiger partial charge >= 0.3 is 0 Å². The standard InChI is InChI=1S/C12H20N2O/c13-9-5-1-2-6-10-14-12(15)11-7-3-4-8-11/h3-4,7H,1-2,5-6,8-10,13H2,(H,14,15). The first-order chi connectivity index (χ1) is 7.34. The molecule has 0 radical (unpaired) electrons. The summed E-state index contributed by atoms with van der Waals surface area (Å²) in [4.78, 5) is 11.5. The molecule has 0 spiro atoms. The fraction of sp³-hybridized carbons (Fsp3) is 0.583. The van der Waals surface area contributed by atoms with Gasteiger partial charge in [-0.05, 0) is 25.8 Å². The van der Waals surface area contributed by atoms with Gasteiger partial charge in [-0.3, -0.25) is 4.79 Å². The van der Waals surface area contributed by atoms with Gasteiger partial charge in [0.05, 0.1) is 0 Å². The summed E-state index contributed by atoms with van der Waals surface area (Å²) < 4.78 is 0. The van der Waals surface area contributed by atoms with Gasteiger partial charge in [0.1, 0.15) is 0 Å². The van der Waals surface area contributed by atoms with E-state index in [1.165, 1.54) is 0 Å². The van der Waals surface area contributed by atoms with E-state index >= 15 is 0 Å². The summed E-state index contributed by atoms with van der Waals surface area (Å²) in [5, 5.41) is 2.92. The van der Waals surface area contributed by atoms with E-state index in [9.17, 15) is 4.79 Å². The molecule has 1 amide bonds. The SMILES string of the molecule is NCCCCCCNC(=O)C1=CC=CC1. The quantitative estimate of drug-likeness (QED) is 0.623. The van der Waals surface area contributed by atoms with Crippen LogP contribution < -0.4 is 11.1 Å². The van der Waals surface area contributed by atoms with Gasteiger partial charge in [0.2, 0.25) is 5.91 Å². The van der Waals surface area contributed by atoms with Crippen LogP contribution in [-0.4, -0.2) is 19.0 Å². The second-order valence-corrected chi connectivity index (χ2v) is 3.78. The maximum atomic E-state index is 11.5. The van der Waals surface area contributed by atoms with Crippen LogP contribution in [-0.2, 0) is 4.79 Å². The van der Waals surface area contributed by atoms with Crippen molar-refractivity contribution >= 4 is 5.91 Å². The molecule has 0 aromatic heterocycles. The van der Waals surface area contributed by atoms with E-state index < -0.39 is 0 Å². The maximum absolute atomic E-state index is 11.5. The van der Waals surface area contributed by atoms with Gasteiger partial charge in [-0.25, -0.2) is 0 Å². The Bertz CT molecular complexity index is 256. The first-order valence-electron chi connectivity index (χ1n) is 5.68. The van der Waals surface area contributed by atoms with Gasteiger partial charge in [-0.2, -0.15) is 0 Å². The fourth-order valence-electron chi connectivity index (χ4n) is 1.55. The third-order valence-electron chi connectivity index (χ3n) is 2.48. The number of carbonyl (C=O) groups is 1. The minimum Gasteiger partial charge on any atom is -0.352 e. The number of nitrogens with two attached hydrogens (primary N) is 1. The highest BCUT2D eigenvalue weighted by Crippen LogP contribution is 2.09. The van der Waals surface area contributed by atoms with Crippen molar-refractivity contribution in [1.82, 2.24) is 5.32 Å². The summed E-state index contributed by atoms with van der Waals surface area (Å²) in [7, 11) is 0. The topological polar surface area (TPSA) is 55.1 Å². The van der Waals surface area contributed by atoms with Crippen LogP contribution in [0.1, 0.15) is 32.1 Å². The van der Waals surface area contributed by atoms with Crippen molar-refractivity contribution in [3.8, 4) is 0 Å². The van der Waals surface area contributed by atoms with E-state index in [-0.39, 0.29) is 5.91 Å². The average Bonchev–Trinajstić information content (AvgIpc) is 2.76. The Morgan fingerprint density at radius 1 is 1.33 bits per heavy atom. The zero-order valence-electron chi connectivity index (χ0n) is 9.17. The highest BCUT2D eigenvalue weighted by atomic mass is 16.1. The zero-order chi connectivity index (χ0) is 10.9. The lowest BCUT2D eigenvalue weighted by molar-refractivity contribution is -0.117. The van der Waals surface area contributed by atoms with Crippen LogP contribution in [0.25, 0.3) is 0 Å². The molecule has 3 N–H and O–H groups in total. The summed E-state index contributed by atoms with van der Waals surface area (Å²) in [5.41, 5.74) is 6.26. The molecule has 1 aliphatic rings. The number of allylic oxidation sites excluding steroid dienone is 3. The zero-order valence-corrected chi connectivity index (χ0v) is 9.17. The number of hydrogen-bond acceptors (Lipinski definition) is 2. The fourth-order valence-corrected chi connectivity index (χ4v) is 1.55. The smallest absolute Gasteiger partial charge is 0.247 e. The molecular formula is C12H20N2O. The second kappa shape index (κ2) is 7.23. The Morgan fingerprint density at radius 2 is 2.13 bits per heavy atom. The van der Waals surface area contributed by atoms with Crippen LogP contribution in [0.2, 0.25) is 0 Å². The molecule has 84 valence electrons. The Labute approximate surface area is 91.4 Å². The molecule has 0 bridgehead atoms. The summed E-state index contributed by atoms with van der Waals surface area (Å²) in [5.74, 6) is 0.0822. The molecule has 0 saturated heterocycles. The lowest BCUT2D eigenvalue weighted by atomic mass is 10.2. The molecular weight excluding hydrogens is 188 g/mol. The number of carbonyl (C=O) groups excluding carboxylic acids is 1.